The molecule has 0 amide bonds. The van der Waals surface area contributed by atoms with Crippen LogP contribution in [0.15, 0.2) is 48.5 Å². The second-order valence-corrected chi connectivity index (χ2v) is 9.10. The summed E-state index contributed by atoms with van der Waals surface area (Å²) in [5.41, 5.74) is 8.07. The molecule has 0 spiro atoms. The fourth-order valence-corrected chi connectivity index (χ4v) is 4.57. The lowest BCUT2D eigenvalue weighted by atomic mass is 10.2. The van der Waals surface area contributed by atoms with Crippen molar-refractivity contribution in [1.29, 1.82) is 5.26 Å². The van der Waals surface area contributed by atoms with Gasteiger partial charge in [0, 0.05) is 76.7 Å². The minimum atomic E-state index is 0.628. The van der Waals surface area contributed by atoms with Crippen molar-refractivity contribution >= 4 is 11.4 Å². The minimum Gasteiger partial charge on any atom is -0.497 e. The van der Waals surface area contributed by atoms with Crippen LogP contribution in [0.25, 0.3) is 0 Å². The van der Waals surface area contributed by atoms with Crippen molar-refractivity contribution in [2.45, 2.75) is 12.8 Å². The number of anilines is 2. The molecule has 2 N–H and O–H groups in total. The summed E-state index contributed by atoms with van der Waals surface area (Å²) in [6.07, 6.45) is 1.73. The zero-order chi connectivity index (χ0) is 25.6. The number of hydrogen-bond acceptors (Lipinski definition) is 8. The van der Waals surface area contributed by atoms with Crippen LogP contribution < -0.4 is 25.0 Å². The van der Waals surface area contributed by atoms with E-state index >= 15 is 0 Å². The Morgan fingerprint density at radius 3 is 1.47 bits per heavy atom. The summed E-state index contributed by atoms with van der Waals surface area (Å²) in [6.45, 7) is 11.4. The van der Waals surface area contributed by atoms with Gasteiger partial charge in [-0.2, -0.15) is 5.26 Å². The van der Waals surface area contributed by atoms with Crippen LogP contribution in [0.5, 0.6) is 11.5 Å². The number of rotatable bonds is 9. The van der Waals surface area contributed by atoms with E-state index in [1.165, 1.54) is 11.4 Å². The van der Waals surface area contributed by atoms with Gasteiger partial charge < -0.3 is 25.0 Å². The van der Waals surface area contributed by atoms with Gasteiger partial charge in [-0.1, -0.05) is 0 Å². The molecular formula is C28H42N6O2. The van der Waals surface area contributed by atoms with Gasteiger partial charge in [0.25, 0.3) is 0 Å². The maximum Gasteiger partial charge on any atom is 0.119 e. The van der Waals surface area contributed by atoms with Crippen molar-refractivity contribution in [3.05, 3.63) is 48.5 Å². The van der Waals surface area contributed by atoms with E-state index < -0.39 is 0 Å². The van der Waals surface area contributed by atoms with E-state index in [0.29, 0.717) is 6.42 Å². The normalized spacial score (nSPS) is 16.6. The van der Waals surface area contributed by atoms with Gasteiger partial charge in [-0.3, -0.25) is 9.80 Å². The third-order valence-corrected chi connectivity index (χ3v) is 6.84. The van der Waals surface area contributed by atoms with Crippen LogP contribution in [0, 0.1) is 11.3 Å². The summed E-state index contributed by atoms with van der Waals surface area (Å²) in [5.74, 6) is 1.81. The molecule has 2 aliphatic rings. The average molecular weight is 495 g/mol. The molecule has 0 aliphatic carbocycles. The maximum absolute atomic E-state index is 8.58. The van der Waals surface area contributed by atoms with Crippen LogP contribution in [0.3, 0.4) is 0 Å². The zero-order valence-electron chi connectivity index (χ0n) is 21.9. The summed E-state index contributed by atoms with van der Waals surface area (Å²) in [6, 6.07) is 18.7. The predicted molar refractivity (Wildman–Crippen MR) is 147 cm³/mol. The SMILES string of the molecule is COc1ccc(N2CCN(CCC#N)CC2)cc1.COc1ccc(N2CCN(CCCN)CC2)cc1. The number of hydrogen-bond donors (Lipinski definition) is 1. The minimum absolute atomic E-state index is 0.628. The quantitative estimate of drug-likeness (QED) is 0.570. The topological polar surface area (TPSA) is 81.2 Å². The van der Waals surface area contributed by atoms with Crippen molar-refractivity contribution in [2.24, 2.45) is 5.73 Å². The fourth-order valence-electron chi connectivity index (χ4n) is 4.57. The molecule has 36 heavy (non-hydrogen) atoms. The lowest BCUT2D eigenvalue weighted by molar-refractivity contribution is 0.256. The van der Waals surface area contributed by atoms with Crippen LogP contribution in [0.4, 0.5) is 11.4 Å². The van der Waals surface area contributed by atoms with Crippen molar-refractivity contribution in [1.82, 2.24) is 9.80 Å². The van der Waals surface area contributed by atoms with Crippen molar-refractivity contribution in [2.75, 3.05) is 96.0 Å². The third-order valence-electron chi connectivity index (χ3n) is 6.84. The molecule has 2 heterocycles. The Morgan fingerprint density at radius 2 is 1.11 bits per heavy atom. The number of piperazine rings is 2. The summed E-state index contributed by atoms with van der Waals surface area (Å²) in [7, 11) is 3.38. The molecule has 196 valence electrons. The highest BCUT2D eigenvalue weighted by atomic mass is 16.5. The molecule has 8 heteroatoms. The highest BCUT2D eigenvalue weighted by molar-refractivity contribution is 5.50. The molecule has 0 saturated carbocycles. The second-order valence-electron chi connectivity index (χ2n) is 9.10. The number of benzene rings is 2. The van der Waals surface area contributed by atoms with E-state index in [0.717, 1.165) is 89.9 Å². The van der Waals surface area contributed by atoms with Gasteiger partial charge in [-0.05, 0) is 68.0 Å². The second kappa shape index (κ2) is 15.2. The molecule has 0 unspecified atom stereocenters. The predicted octanol–water partition coefficient (Wildman–Crippen LogP) is 2.90. The van der Waals surface area contributed by atoms with Crippen molar-refractivity contribution in [3.8, 4) is 17.6 Å². The van der Waals surface area contributed by atoms with E-state index in [1.54, 1.807) is 14.2 Å². The summed E-state index contributed by atoms with van der Waals surface area (Å²) >= 11 is 0. The zero-order valence-corrected chi connectivity index (χ0v) is 21.9. The van der Waals surface area contributed by atoms with E-state index in [2.05, 4.69) is 49.9 Å². The average Bonchev–Trinajstić information content (AvgIpc) is 2.96. The van der Waals surface area contributed by atoms with Crippen LogP contribution in [0.1, 0.15) is 12.8 Å². The highest BCUT2D eigenvalue weighted by Gasteiger charge is 2.17. The first-order chi connectivity index (χ1) is 17.7. The van der Waals surface area contributed by atoms with Gasteiger partial charge >= 0.3 is 0 Å². The van der Waals surface area contributed by atoms with Crippen LogP contribution in [-0.2, 0) is 0 Å². The first kappa shape index (κ1) is 27.6. The number of methoxy groups -OCH3 is 2. The van der Waals surface area contributed by atoms with Gasteiger partial charge in [0.1, 0.15) is 11.5 Å². The van der Waals surface area contributed by atoms with Crippen LogP contribution >= 0.6 is 0 Å². The third kappa shape index (κ3) is 8.59. The molecule has 4 rings (SSSR count). The molecule has 0 bridgehead atoms. The van der Waals surface area contributed by atoms with E-state index in [1.807, 2.05) is 24.3 Å². The first-order valence-electron chi connectivity index (χ1n) is 13.0. The van der Waals surface area contributed by atoms with E-state index in [-0.39, 0.29) is 0 Å². The van der Waals surface area contributed by atoms with Gasteiger partial charge in [0.2, 0.25) is 0 Å². The number of nitrogens with two attached hydrogens (primary N) is 1. The number of ether oxygens (including phenoxy) is 2. The van der Waals surface area contributed by atoms with Crippen LogP contribution in [-0.4, -0.2) is 96.0 Å². The van der Waals surface area contributed by atoms with Crippen molar-refractivity contribution < 1.29 is 9.47 Å². The van der Waals surface area contributed by atoms with Gasteiger partial charge in [-0.25, -0.2) is 0 Å². The Balaban J connectivity index is 0.000000201. The highest BCUT2D eigenvalue weighted by Crippen LogP contribution is 2.21. The summed E-state index contributed by atoms with van der Waals surface area (Å²) < 4.78 is 10.3. The van der Waals surface area contributed by atoms with Crippen molar-refractivity contribution in [3.63, 3.8) is 0 Å². The van der Waals surface area contributed by atoms with Gasteiger partial charge in [0.15, 0.2) is 0 Å². The molecule has 2 aliphatic heterocycles. The molecule has 8 nitrogen and oxygen atoms in total. The molecule has 2 saturated heterocycles. The molecule has 2 fully saturated rings. The number of nitriles is 1. The van der Waals surface area contributed by atoms with E-state index in [9.17, 15) is 0 Å². The van der Waals surface area contributed by atoms with Gasteiger partial charge in [-0.15, -0.1) is 0 Å². The fraction of sp³-hybridized carbons (Fsp3) is 0.536. The molecule has 2 aromatic rings. The molecule has 2 aromatic carbocycles. The molecule has 0 aromatic heterocycles. The van der Waals surface area contributed by atoms with E-state index in [4.69, 9.17) is 20.5 Å². The Kier molecular flexibility index (Phi) is 11.6. The standard InChI is InChI=1S/C14H23N3O.C14H19N3O/c2*1-18-14-5-3-13(4-6-14)17-11-9-16(10-12-17)8-2-7-15/h3-6H,2,7-12,15H2,1H3;3-6H,2,8-12H2,1H3. The molecule has 0 radical (unpaired) electrons. The smallest absolute Gasteiger partial charge is 0.119 e. The number of nitrogens with zero attached hydrogens (tertiary/aromatic N) is 5. The Bertz CT molecular complexity index is 899. The first-order valence-corrected chi connectivity index (χ1v) is 13.0. The van der Waals surface area contributed by atoms with Gasteiger partial charge in [0.05, 0.1) is 20.3 Å². The molecular weight excluding hydrogens is 452 g/mol. The lowest BCUT2D eigenvalue weighted by Gasteiger charge is -2.36. The Hall–Kier alpha value is -2.99. The summed E-state index contributed by atoms with van der Waals surface area (Å²) in [5, 5.41) is 8.58. The summed E-state index contributed by atoms with van der Waals surface area (Å²) in [4.78, 5) is 9.65. The Morgan fingerprint density at radius 1 is 0.694 bits per heavy atom. The molecule has 0 atom stereocenters. The lowest BCUT2D eigenvalue weighted by Crippen LogP contribution is -2.46. The largest absolute Gasteiger partial charge is 0.497 e. The monoisotopic (exact) mass is 494 g/mol. The maximum atomic E-state index is 8.58. The Labute approximate surface area is 216 Å². The van der Waals surface area contributed by atoms with Crippen LogP contribution in [0.2, 0.25) is 0 Å².